The highest BCUT2D eigenvalue weighted by atomic mass is 32.2. The van der Waals surface area contributed by atoms with Crippen LogP contribution in [0.15, 0.2) is 0 Å². The van der Waals surface area contributed by atoms with Crippen molar-refractivity contribution in [3.8, 4) is 0 Å². The fraction of sp³-hybridized carbons (Fsp3) is 1.00. The minimum atomic E-state index is 0.702. The third-order valence-electron chi connectivity index (χ3n) is 2.82. The van der Waals surface area contributed by atoms with E-state index in [1.807, 2.05) is 0 Å². The zero-order valence-electron chi connectivity index (χ0n) is 8.80. The lowest BCUT2D eigenvalue weighted by Crippen LogP contribution is -2.15. The standard InChI is InChI=1S/C11H23NS/c1-10(8-12)9-13-11-6-4-2-3-5-7-11/h10-11H,2-9,12H2,1H3. The van der Waals surface area contributed by atoms with Gasteiger partial charge in [-0.2, -0.15) is 11.8 Å². The lowest BCUT2D eigenvalue weighted by molar-refractivity contribution is 0.665. The minimum absolute atomic E-state index is 0.702. The Morgan fingerprint density at radius 1 is 1.23 bits per heavy atom. The van der Waals surface area contributed by atoms with E-state index in [0.29, 0.717) is 5.92 Å². The molecule has 0 radical (unpaired) electrons. The van der Waals surface area contributed by atoms with Crippen molar-refractivity contribution in [1.29, 1.82) is 0 Å². The first-order valence-electron chi connectivity index (χ1n) is 5.64. The summed E-state index contributed by atoms with van der Waals surface area (Å²) in [7, 11) is 0. The molecule has 0 heterocycles. The molecule has 1 saturated carbocycles. The third-order valence-corrected chi connectivity index (χ3v) is 4.53. The normalized spacial score (nSPS) is 22.6. The van der Waals surface area contributed by atoms with Crippen molar-refractivity contribution in [1.82, 2.24) is 0 Å². The Morgan fingerprint density at radius 3 is 2.38 bits per heavy atom. The van der Waals surface area contributed by atoms with Crippen molar-refractivity contribution in [2.24, 2.45) is 11.7 Å². The minimum Gasteiger partial charge on any atom is -0.330 e. The van der Waals surface area contributed by atoms with E-state index in [2.05, 4.69) is 18.7 Å². The molecule has 0 amide bonds. The van der Waals surface area contributed by atoms with Gasteiger partial charge in [-0.1, -0.05) is 32.6 Å². The molecule has 0 spiro atoms. The first-order valence-corrected chi connectivity index (χ1v) is 6.69. The number of hydrogen-bond donors (Lipinski definition) is 1. The maximum atomic E-state index is 5.61. The van der Waals surface area contributed by atoms with Gasteiger partial charge in [-0.3, -0.25) is 0 Å². The van der Waals surface area contributed by atoms with Gasteiger partial charge in [0.1, 0.15) is 0 Å². The molecule has 1 rings (SSSR count). The third kappa shape index (κ3) is 4.92. The van der Waals surface area contributed by atoms with Crippen molar-refractivity contribution >= 4 is 11.8 Å². The quantitative estimate of drug-likeness (QED) is 0.708. The highest BCUT2D eigenvalue weighted by Crippen LogP contribution is 2.28. The summed E-state index contributed by atoms with van der Waals surface area (Å²) < 4.78 is 0. The highest BCUT2D eigenvalue weighted by molar-refractivity contribution is 7.99. The molecule has 78 valence electrons. The molecule has 0 aromatic heterocycles. The molecule has 1 aliphatic carbocycles. The molecular weight excluding hydrogens is 178 g/mol. The van der Waals surface area contributed by atoms with Gasteiger partial charge in [0.15, 0.2) is 0 Å². The number of rotatable bonds is 4. The second kappa shape index (κ2) is 6.72. The molecule has 0 aliphatic heterocycles. The summed E-state index contributed by atoms with van der Waals surface area (Å²) in [5, 5.41) is 0.941. The van der Waals surface area contributed by atoms with Crippen LogP contribution in [0.25, 0.3) is 0 Å². The second-order valence-electron chi connectivity index (χ2n) is 4.29. The Bertz CT molecular complexity index is 119. The summed E-state index contributed by atoms with van der Waals surface area (Å²) in [6, 6.07) is 0. The van der Waals surface area contributed by atoms with Gasteiger partial charge in [0, 0.05) is 5.25 Å². The molecule has 1 nitrogen and oxygen atoms in total. The first kappa shape index (κ1) is 11.4. The van der Waals surface area contributed by atoms with Crippen molar-refractivity contribution < 1.29 is 0 Å². The predicted molar refractivity (Wildman–Crippen MR) is 62.2 cm³/mol. The molecule has 2 heteroatoms. The Labute approximate surface area is 86.8 Å². The summed E-state index contributed by atoms with van der Waals surface area (Å²) in [4.78, 5) is 0. The summed E-state index contributed by atoms with van der Waals surface area (Å²) in [6.07, 6.45) is 8.72. The average Bonchev–Trinajstić information content (AvgIpc) is 2.42. The molecule has 1 aliphatic rings. The Kier molecular flexibility index (Phi) is 5.88. The van der Waals surface area contributed by atoms with E-state index in [-0.39, 0.29) is 0 Å². The highest BCUT2D eigenvalue weighted by Gasteiger charge is 2.13. The summed E-state index contributed by atoms with van der Waals surface area (Å²) in [6.45, 7) is 3.10. The van der Waals surface area contributed by atoms with E-state index in [4.69, 9.17) is 5.73 Å². The molecule has 0 aromatic rings. The van der Waals surface area contributed by atoms with Gasteiger partial charge < -0.3 is 5.73 Å². The van der Waals surface area contributed by atoms with E-state index in [0.717, 1.165) is 11.8 Å². The molecule has 1 atom stereocenters. The van der Waals surface area contributed by atoms with Gasteiger partial charge in [0.2, 0.25) is 0 Å². The van der Waals surface area contributed by atoms with E-state index in [1.165, 1.54) is 44.3 Å². The summed E-state index contributed by atoms with van der Waals surface area (Å²) >= 11 is 2.16. The van der Waals surface area contributed by atoms with Gasteiger partial charge in [0.25, 0.3) is 0 Å². The molecular formula is C11H23NS. The van der Waals surface area contributed by atoms with Gasteiger partial charge in [0.05, 0.1) is 0 Å². The Morgan fingerprint density at radius 2 is 1.85 bits per heavy atom. The van der Waals surface area contributed by atoms with Crippen LogP contribution in [0.4, 0.5) is 0 Å². The van der Waals surface area contributed by atoms with Crippen LogP contribution in [-0.2, 0) is 0 Å². The SMILES string of the molecule is CC(CN)CSC1CCCCCC1. The Balaban J connectivity index is 2.11. The van der Waals surface area contributed by atoms with Gasteiger partial charge in [-0.25, -0.2) is 0 Å². The molecule has 0 saturated heterocycles. The maximum Gasteiger partial charge on any atom is 0.00471 e. The van der Waals surface area contributed by atoms with Crippen LogP contribution < -0.4 is 5.73 Å². The van der Waals surface area contributed by atoms with Crippen LogP contribution in [0.2, 0.25) is 0 Å². The zero-order valence-corrected chi connectivity index (χ0v) is 9.61. The number of nitrogens with two attached hydrogens (primary N) is 1. The molecule has 2 N–H and O–H groups in total. The van der Waals surface area contributed by atoms with Crippen molar-refractivity contribution in [3.63, 3.8) is 0 Å². The van der Waals surface area contributed by atoms with Crippen LogP contribution in [0.1, 0.15) is 45.4 Å². The van der Waals surface area contributed by atoms with Gasteiger partial charge in [-0.05, 0) is 31.1 Å². The van der Waals surface area contributed by atoms with E-state index in [1.54, 1.807) is 0 Å². The summed E-state index contributed by atoms with van der Waals surface area (Å²) in [5.41, 5.74) is 5.61. The van der Waals surface area contributed by atoms with Crippen LogP contribution in [0.3, 0.4) is 0 Å². The van der Waals surface area contributed by atoms with Crippen molar-refractivity contribution in [3.05, 3.63) is 0 Å². The van der Waals surface area contributed by atoms with E-state index >= 15 is 0 Å². The molecule has 1 fully saturated rings. The topological polar surface area (TPSA) is 26.0 Å². The van der Waals surface area contributed by atoms with Crippen LogP contribution >= 0.6 is 11.8 Å². The van der Waals surface area contributed by atoms with Gasteiger partial charge in [-0.15, -0.1) is 0 Å². The van der Waals surface area contributed by atoms with E-state index in [9.17, 15) is 0 Å². The lowest BCUT2D eigenvalue weighted by Gasteiger charge is -2.15. The monoisotopic (exact) mass is 201 g/mol. The second-order valence-corrected chi connectivity index (χ2v) is 5.62. The number of thioether (sulfide) groups is 1. The number of hydrogen-bond acceptors (Lipinski definition) is 2. The summed E-state index contributed by atoms with van der Waals surface area (Å²) in [5.74, 6) is 1.97. The van der Waals surface area contributed by atoms with Crippen LogP contribution in [0, 0.1) is 5.92 Å². The average molecular weight is 201 g/mol. The zero-order chi connectivity index (χ0) is 9.52. The maximum absolute atomic E-state index is 5.61. The molecule has 1 unspecified atom stereocenters. The molecule has 0 aromatic carbocycles. The molecule has 13 heavy (non-hydrogen) atoms. The van der Waals surface area contributed by atoms with Crippen molar-refractivity contribution in [2.45, 2.75) is 50.7 Å². The van der Waals surface area contributed by atoms with Crippen LogP contribution in [0.5, 0.6) is 0 Å². The smallest absolute Gasteiger partial charge is 0.00471 e. The Hall–Kier alpha value is 0.310. The lowest BCUT2D eigenvalue weighted by atomic mass is 10.2. The van der Waals surface area contributed by atoms with Crippen LogP contribution in [-0.4, -0.2) is 17.5 Å². The van der Waals surface area contributed by atoms with Gasteiger partial charge >= 0.3 is 0 Å². The van der Waals surface area contributed by atoms with E-state index < -0.39 is 0 Å². The first-order chi connectivity index (χ1) is 6.33. The predicted octanol–water partition coefficient (Wildman–Crippen LogP) is 3.04. The fourth-order valence-corrected chi connectivity index (χ4v) is 3.18. The van der Waals surface area contributed by atoms with Crippen molar-refractivity contribution in [2.75, 3.05) is 12.3 Å². The largest absolute Gasteiger partial charge is 0.330 e. The molecule has 0 bridgehead atoms. The fourth-order valence-electron chi connectivity index (χ4n) is 1.78.